The SMILES string of the molecule is COC(=O)[C@H]1[C@H](C(=O)O)[C@H]2C=C[C@H]1C2. The molecule has 0 radical (unpaired) electrons. The van der Waals surface area contributed by atoms with Gasteiger partial charge >= 0.3 is 11.9 Å². The Labute approximate surface area is 81.6 Å². The van der Waals surface area contributed by atoms with E-state index >= 15 is 0 Å². The van der Waals surface area contributed by atoms with Gasteiger partial charge in [-0.3, -0.25) is 9.59 Å². The molecule has 0 aromatic rings. The third-order valence-corrected chi connectivity index (χ3v) is 3.22. The summed E-state index contributed by atoms with van der Waals surface area (Å²) in [4.78, 5) is 22.4. The third kappa shape index (κ3) is 1.14. The van der Waals surface area contributed by atoms with Crippen molar-refractivity contribution in [3.05, 3.63) is 12.2 Å². The quantitative estimate of drug-likeness (QED) is 0.521. The van der Waals surface area contributed by atoms with Crippen molar-refractivity contribution in [3.8, 4) is 0 Å². The molecule has 2 aliphatic rings. The van der Waals surface area contributed by atoms with Gasteiger partial charge in [0.25, 0.3) is 0 Å². The van der Waals surface area contributed by atoms with Crippen LogP contribution in [-0.2, 0) is 14.3 Å². The Morgan fingerprint density at radius 3 is 2.36 bits per heavy atom. The zero-order valence-electron chi connectivity index (χ0n) is 7.84. The zero-order valence-corrected chi connectivity index (χ0v) is 7.84. The Morgan fingerprint density at radius 2 is 1.86 bits per heavy atom. The second-order valence-electron chi connectivity index (χ2n) is 3.86. The lowest BCUT2D eigenvalue weighted by Crippen LogP contribution is -2.33. The number of hydrogen-bond acceptors (Lipinski definition) is 3. The van der Waals surface area contributed by atoms with Gasteiger partial charge in [-0.25, -0.2) is 0 Å². The maximum atomic E-state index is 11.4. The molecule has 0 aromatic carbocycles. The largest absolute Gasteiger partial charge is 0.481 e. The summed E-state index contributed by atoms with van der Waals surface area (Å²) in [6.07, 6.45) is 4.62. The van der Waals surface area contributed by atoms with Crippen LogP contribution >= 0.6 is 0 Å². The molecule has 1 fully saturated rings. The highest BCUT2D eigenvalue weighted by Gasteiger charge is 2.52. The van der Waals surface area contributed by atoms with Crippen LogP contribution in [0.4, 0.5) is 0 Å². The van der Waals surface area contributed by atoms with E-state index in [1.165, 1.54) is 7.11 Å². The van der Waals surface area contributed by atoms with Gasteiger partial charge in [-0.1, -0.05) is 12.2 Å². The first-order valence-corrected chi connectivity index (χ1v) is 4.64. The second kappa shape index (κ2) is 3.12. The number of rotatable bonds is 2. The van der Waals surface area contributed by atoms with Gasteiger partial charge in [0.15, 0.2) is 0 Å². The summed E-state index contributed by atoms with van der Waals surface area (Å²) in [7, 11) is 1.30. The minimum atomic E-state index is -0.891. The molecule has 14 heavy (non-hydrogen) atoms. The van der Waals surface area contributed by atoms with Crippen LogP contribution in [0.1, 0.15) is 6.42 Å². The van der Waals surface area contributed by atoms with Crippen LogP contribution < -0.4 is 0 Å². The van der Waals surface area contributed by atoms with Crippen LogP contribution in [0.2, 0.25) is 0 Å². The molecule has 4 heteroatoms. The molecule has 4 atom stereocenters. The van der Waals surface area contributed by atoms with Crippen molar-refractivity contribution < 1.29 is 19.4 Å². The number of fused-ring (bicyclic) bond motifs is 2. The van der Waals surface area contributed by atoms with Crippen LogP contribution in [0.25, 0.3) is 0 Å². The molecule has 0 unspecified atom stereocenters. The first kappa shape index (κ1) is 9.24. The van der Waals surface area contributed by atoms with Gasteiger partial charge in [0.05, 0.1) is 18.9 Å². The summed E-state index contributed by atoms with van der Waals surface area (Å²) in [6, 6.07) is 0. The minimum absolute atomic E-state index is 0.0154. The fourth-order valence-corrected chi connectivity index (χ4v) is 2.62. The Hall–Kier alpha value is -1.32. The van der Waals surface area contributed by atoms with E-state index < -0.39 is 23.8 Å². The van der Waals surface area contributed by atoms with Gasteiger partial charge in [-0.2, -0.15) is 0 Å². The lowest BCUT2D eigenvalue weighted by molar-refractivity contribution is -0.156. The standard InChI is InChI=1S/C10H12O4/c1-14-10(13)8-6-3-2-5(4-6)7(8)9(11)12/h2-3,5-8H,4H2,1H3,(H,11,12)/t5-,6-,7+,8+/m0/s1. The predicted molar refractivity (Wildman–Crippen MR) is 47.4 cm³/mol. The molecule has 1 N–H and O–H groups in total. The molecular formula is C10H12O4. The van der Waals surface area contributed by atoms with E-state index in [1.54, 1.807) is 0 Å². The highest BCUT2D eigenvalue weighted by Crippen LogP contribution is 2.48. The fourth-order valence-electron chi connectivity index (χ4n) is 2.62. The van der Waals surface area contributed by atoms with Crippen molar-refractivity contribution in [1.29, 1.82) is 0 Å². The Balaban J connectivity index is 2.26. The Bertz CT molecular complexity index is 307. The molecule has 0 saturated heterocycles. The molecule has 0 aliphatic heterocycles. The lowest BCUT2D eigenvalue weighted by Gasteiger charge is -2.21. The molecular weight excluding hydrogens is 184 g/mol. The topological polar surface area (TPSA) is 63.6 Å². The number of carbonyl (C=O) groups excluding carboxylic acids is 1. The predicted octanol–water partition coefficient (Wildman–Crippen LogP) is 0.682. The molecule has 2 rings (SSSR count). The number of esters is 1. The number of carboxylic acids is 1. The molecule has 76 valence electrons. The van der Waals surface area contributed by atoms with Gasteiger partial charge in [-0.15, -0.1) is 0 Å². The smallest absolute Gasteiger partial charge is 0.310 e. The van der Waals surface area contributed by atoms with Crippen molar-refractivity contribution in [3.63, 3.8) is 0 Å². The van der Waals surface area contributed by atoms with E-state index in [4.69, 9.17) is 5.11 Å². The van der Waals surface area contributed by atoms with Crippen molar-refractivity contribution in [2.75, 3.05) is 7.11 Å². The molecule has 0 amide bonds. The van der Waals surface area contributed by atoms with Crippen LogP contribution in [-0.4, -0.2) is 24.2 Å². The van der Waals surface area contributed by atoms with E-state index in [0.717, 1.165) is 6.42 Å². The first-order chi connectivity index (χ1) is 6.65. The lowest BCUT2D eigenvalue weighted by atomic mass is 9.83. The average molecular weight is 196 g/mol. The number of aliphatic carboxylic acids is 1. The molecule has 0 spiro atoms. The zero-order chi connectivity index (χ0) is 10.3. The molecule has 0 aromatic heterocycles. The molecule has 2 bridgehead atoms. The van der Waals surface area contributed by atoms with E-state index in [-0.39, 0.29) is 11.8 Å². The van der Waals surface area contributed by atoms with Crippen molar-refractivity contribution in [2.24, 2.45) is 23.7 Å². The third-order valence-electron chi connectivity index (χ3n) is 3.22. The number of ether oxygens (including phenoxy) is 1. The van der Waals surface area contributed by atoms with Gasteiger partial charge in [-0.05, 0) is 18.3 Å². The van der Waals surface area contributed by atoms with Crippen molar-refractivity contribution in [1.82, 2.24) is 0 Å². The Kier molecular flexibility index (Phi) is 2.06. The number of methoxy groups -OCH3 is 1. The Morgan fingerprint density at radius 1 is 1.29 bits per heavy atom. The molecule has 0 heterocycles. The van der Waals surface area contributed by atoms with Gasteiger partial charge in [0.1, 0.15) is 0 Å². The highest BCUT2D eigenvalue weighted by atomic mass is 16.5. The molecule has 2 aliphatic carbocycles. The van der Waals surface area contributed by atoms with Crippen LogP contribution in [0.5, 0.6) is 0 Å². The second-order valence-corrected chi connectivity index (χ2v) is 3.86. The van der Waals surface area contributed by atoms with E-state index in [1.807, 2.05) is 12.2 Å². The van der Waals surface area contributed by atoms with Crippen molar-refractivity contribution in [2.45, 2.75) is 6.42 Å². The van der Waals surface area contributed by atoms with Crippen LogP contribution in [0.3, 0.4) is 0 Å². The van der Waals surface area contributed by atoms with Gasteiger partial charge < -0.3 is 9.84 Å². The number of hydrogen-bond donors (Lipinski definition) is 1. The maximum absolute atomic E-state index is 11.4. The van der Waals surface area contributed by atoms with E-state index in [2.05, 4.69) is 4.74 Å². The summed E-state index contributed by atoms with van der Waals surface area (Å²) in [6.45, 7) is 0. The fraction of sp³-hybridized carbons (Fsp3) is 0.600. The minimum Gasteiger partial charge on any atom is -0.481 e. The maximum Gasteiger partial charge on any atom is 0.310 e. The first-order valence-electron chi connectivity index (χ1n) is 4.64. The summed E-state index contributed by atoms with van der Waals surface area (Å²) >= 11 is 0. The van der Waals surface area contributed by atoms with Gasteiger partial charge in [0, 0.05) is 0 Å². The summed E-state index contributed by atoms with van der Waals surface area (Å²) in [5.74, 6) is -2.27. The summed E-state index contributed by atoms with van der Waals surface area (Å²) < 4.78 is 4.63. The summed E-state index contributed by atoms with van der Waals surface area (Å²) in [5.41, 5.74) is 0. The van der Waals surface area contributed by atoms with Crippen molar-refractivity contribution >= 4 is 11.9 Å². The number of carboxylic acid groups (broad SMARTS) is 1. The molecule has 4 nitrogen and oxygen atoms in total. The normalized spacial score (nSPS) is 38.6. The van der Waals surface area contributed by atoms with E-state index in [9.17, 15) is 9.59 Å². The molecule has 1 saturated carbocycles. The van der Waals surface area contributed by atoms with E-state index in [0.29, 0.717) is 0 Å². The summed E-state index contributed by atoms with van der Waals surface area (Å²) in [5, 5.41) is 9.01. The monoisotopic (exact) mass is 196 g/mol. The van der Waals surface area contributed by atoms with Gasteiger partial charge in [0.2, 0.25) is 0 Å². The highest BCUT2D eigenvalue weighted by molar-refractivity contribution is 5.83. The number of allylic oxidation sites excluding steroid dienone is 2. The average Bonchev–Trinajstić information content (AvgIpc) is 2.74. The number of carbonyl (C=O) groups is 2. The van der Waals surface area contributed by atoms with Crippen LogP contribution in [0, 0.1) is 23.7 Å². The van der Waals surface area contributed by atoms with Crippen LogP contribution in [0.15, 0.2) is 12.2 Å².